The number of thiazole rings is 1. The molecule has 108 valence electrons. The summed E-state index contributed by atoms with van der Waals surface area (Å²) in [6.45, 7) is 0. The number of aromatic nitrogens is 1. The Kier molecular flexibility index (Phi) is 4.70. The molecule has 0 N–H and O–H groups in total. The van der Waals surface area contributed by atoms with E-state index in [2.05, 4.69) is 11.1 Å². The minimum atomic E-state index is 0.519. The SMILES string of the molecule is N#CC(=Cc1ccc(Cl)cc1Cl)Sc1nc2ccccc2s1. The number of allylic oxidation sites excluding steroid dienone is 1. The number of hydrogen-bond acceptors (Lipinski definition) is 4. The molecule has 1 heterocycles. The minimum Gasteiger partial charge on any atom is -0.229 e. The Balaban J connectivity index is 1.91. The van der Waals surface area contributed by atoms with Gasteiger partial charge in [-0.05, 0) is 47.7 Å². The number of halogens is 2. The van der Waals surface area contributed by atoms with Crippen LogP contribution in [0.5, 0.6) is 0 Å². The standard InChI is InChI=1S/C16H8Cl2N2S2/c17-11-6-5-10(13(18)8-11)7-12(9-19)21-16-20-14-3-1-2-4-15(14)22-16/h1-8H. The Bertz CT molecular complexity index is 877. The fraction of sp³-hybridized carbons (Fsp3) is 0. The zero-order valence-corrected chi connectivity index (χ0v) is 14.2. The molecule has 0 radical (unpaired) electrons. The maximum Gasteiger partial charge on any atom is 0.156 e. The van der Waals surface area contributed by atoms with E-state index >= 15 is 0 Å². The van der Waals surface area contributed by atoms with Crippen LogP contribution in [-0.4, -0.2) is 4.98 Å². The average Bonchev–Trinajstić information content (AvgIpc) is 2.91. The predicted octanol–water partition coefficient (Wildman–Crippen LogP) is 6.26. The van der Waals surface area contributed by atoms with Gasteiger partial charge in [0.05, 0.1) is 15.1 Å². The fourth-order valence-corrected chi connectivity index (χ4v) is 4.26. The smallest absolute Gasteiger partial charge is 0.156 e. The van der Waals surface area contributed by atoms with E-state index in [-0.39, 0.29) is 0 Å². The van der Waals surface area contributed by atoms with Gasteiger partial charge in [0, 0.05) is 10.0 Å². The number of benzene rings is 2. The summed E-state index contributed by atoms with van der Waals surface area (Å²) in [4.78, 5) is 5.04. The second-order valence-electron chi connectivity index (χ2n) is 4.34. The summed E-state index contributed by atoms with van der Waals surface area (Å²) >= 11 is 14.9. The molecule has 0 aliphatic carbocycles. The van der Waals surface area contributed by atoms with Crippen molar-refractivity contribution < 1.29 is 0 Å². The van der Waals surface area contributed by atoms with Gasteiger partial charge in [-0.2, -0.15) is 5.26 Å². The van der Waals surface area contributed by atoms with Gasteiger partial charge in [-0.3, -0.25) is 0 Å². The molecule has 0 saturated carbocycles. The topological polar surface area (TPSA) is 36.7 Å². The molecule has 22 heavy (non-hydrogen) atoms. The molecule has 0 fully saturated rings. The molecule has 2 aromatic carbocycles. The van der Waals surface area contributed by atoms with E-state index in [1.165, 1.54) is 11.8 Å². The van der Waals surface area contributed by atoms with E-state index in [0.29, 0.717) is 15.0 Å². The molecule has 0 aliphatic rings. The quantitative estimate of drug-likeness (QED) is 0.407. The zero-order chi connectivity index (χ0) is 15.5. The second-order valence-corrected chi connectivity index (χ2v) is 7.50. The highest BCUT2D eigenvalue weighted by Gasteiger charge is 2.08. The number of nitrogens with zero attached hydrogens (tertiary/aromatic N) is 2. The lowest BCUT2D eigenvalue weighted by Gasteiger charge is -2.00. The number of rotatable bonds is 3. The molecule has 0 spiro atoms. The van der Waals surface area contributed by atoms with E-state index in [4.69, 9.17) is 23.2 Å². The summed E-state index contributed by atoms with van der Waals surface area (Å²) in [5.41, 5.74) is 1.70. The maximum atomic E-state index is 9.34. The Morgan fingerprint density at radius 2 is 2.05 bits per heavy atom. The first-order chi connectivity index (χ1) is 10.7. The first-order valence-corrected chi connectivity index (χ1v) is 8.65. The summed E-state index contributed by atoms with van der Waals surface area (Å²) in [6.07, 6.45) is 1.75. The van der Waals surface area contributed by atoms with Crippen molar-refractivity contribution in [3.05, 3.63) is 63.0 Å². The first kappa shape index (κ1) is 15.4. The van der Waals surface area contributed by atoms with Crippen molar-refractivity contribution in [1.29, 1.82) is 5.26 Å². The van der Waals surface area contributed by atoms with Gasteiger partial charge in [-0.1, -0.05) is 41.4 Å². The van der Waals surface area contributed by atoms with Gasteiger partial charge < -0.3 is 0 Å². The van der Waals surface area contributed by atoms with Crippen LogP contribution in [-0.2, 0) is 0 Å². The molecule has 0 atom stereocenters. The van der Waals surface area contributed by atoms with Crippen molar-refractivity contribution >= 4 is 62.6 Å². The van der Waals surface area contributed by atoms with Crippen LogP contribution < -0.4 is 0 Å². The fourth-order valence-electron chi connectivity index (χ4n) is 1.83. The van der Waals surface area contributed by atoms with Gasteiger partial charge in [0.1, 0.15) is 6.07 Å². The molecule has 0 amide bonds. The average molecular weight is 363 g/mol. The molecule has 3 rings (SSSR count). The maximum absolute atomic E-state index is 9.34. The molecule has 0 unspecified atom stereocenters. The third kappa shape index (κ3) is 3.45. The second kappa shape index (κ2) is 6.72. The van der Waals surface area contributed by atoms with E-state index in [9.17, 15) is 5.26 Å². The lowest BCUT2D eigenvalue weighted by atomic mass is 10.2. The molecule has 2 nitrogen and oxygen atoms in total. The summed E-state index contributed by atoms with van der Waals surface area (Å²) < 4.78 is 1.94. The molecule has 0 saturated heterocycles. The van der Waals surface area contributed by atoms with Crippen LogP contribution in [0.4, 0.5) is 0 Å². The van der Waals surface area contributed by atoms with E-state index in [0.717, 1.165) is 20.1 Å². The van der Waals surface area contributed by atoms with Crippen LogP contribution in [0.2, 0.25) is 10.0 Å². The van der Waals surface area contributed by atoms with Gasteiger partial charge >= 0.3 is 0 Å². The molecular weight excluding hydrogens is 355 g/mol. The van der Waals surface area contributed by atoms with Crippen molar-refractivity contribution in [3.8, 4) is 6.07 Å². The highest BCUT2D eigenvalue weighted by Crippen LogP contribution is 2.35. The Morgan fingerprint density at radius 1 is 1.23 bits per heavy atom. The van der Waals surface area contributed by atoms with Crippen molar-refractivity contribution in [2.75, 3.05) is 0 Å². The van der Waals surface area contributed by atoms with Gasteiger partial charge in [0.2, 0.25) is 0 Å². The summed E-state index contributed by atoms with van der Waals surface area (Å²) in [7, 11) is 0. The minimum absolute atomic E-state index is 0.519. The monoisotopic (exact) mass is 362 g/mol. The Labute approximate surface area is 146 Å². The lowest BCUT2D eigenvalue weighted by molar-refractivity contribution is 1.31. The molecule has 3 aromatic rings. The Morgan fingerprint density at radius 3 is 2.77 bits per heavy atom. The summed E-state index contributed by atoms with van der Waals surface area (Å²) in [6, 6.07) is 15.3. The van der Waals surface area contributed by atoms with Crippen LogP contribution in [0, 0.1) is 11.3 Å². The van der Waals surface area contributed by atoms with Crippen molar-refractivity contribution in [2.45, 2.75) is 4.34 Å². The van der Waals surface area contributed by atoms with Gasteiger partial charge in [-0.15, -0.1) is 11.3 Å². The van der Waals surface area contributed by atoms with Gasteiger partial charge in [0.25, 0.3) is 0 Å². The van der Waals surface area contributed by atoms with Crippen molar-refractivity contribution in [2.24, 2.45) is 0 Å². The largest absolute Gasteiger partial charge is 0.229 e. The summed E-state index contributed by atoms with van der Waals surface area (Å²) in [5.74, 6) is 0. The lowest BCUT2D eigenvalue weighted by Crippen LogP contribution is -1.78. The number of nitriles is 1. The molecular formula is C16H8Cl2N2S2. The number of fused-ring (bicyclic) bond motifs is 1. The highest BCUT2D eigenvalue weighted by atomic mass is 35.5. The third-order valence-corrected chi connectivity index (χ3v) is 5.42. The number of para-hydroxylation sites is 1. The van der Waals surface area contributed by atoms with Crippen molar-refractivity contribution in [1.82, 2.24) is 4.98 Å². The molecule has 1 aromatic heterocycles. The molecule has 6 heteroatoms. The van der Waals surface area contributed by atoms with Gasteiger partial charge in [0.15, 0.2) is 4.34 Å². The molecule has 0 bridgehead atoms. The first-order valence-electron chi connectivity index (χ1n) is 6.26. The normalized spacial score (nSPS) is 11.6. The van der Waals surface area contributed by atoms with Crippen LogP contribution in [0.15, 0.2) is 51.7 Å². The van der Waals surface area contributed by atoms with E-state index in [1.807, 2.05) is 24.3 Å². The van der Waals surface area contributed by atoms with Crippen LogP contribution in [0.1, 0.15) is 5.56 Å². The van der Waals surface area contributed by atoms with Crippen LogP contribution >= 0.6 is 46.3 Å². The number of thioether (sulfide) groups is 1. The summed E-state index contributed by atoms with van der Waals surface area (Å²) in [5, 5.41) is 10.4. The van der Waals surface area contributed by atoms with Gasteiger partial charge in [-0.25, -0.2) is 4.98 Å². The van der Waals surface area contributed by atoms with Crippen LogP contribution in [0.3, 0.4) is 0 Å². The third-order valence-electron chi connectivity index (χ3n) is 2.83. The van der Waals surface area contributed by atoms with E-state index < -0.39 is 0 Å². The number of hydrogen-bond donors (Lipinski definition) is 0. The van der Waals surface area contributed by atoms with Crippen LogP contribution in [0.25, 0.3) is 16.3 Å². The van der Waals surface area contributed by atoms with E-state index in [1.54, 1.807) is 35.6 Å². The Hall–Kier alpha value is -1.51. The molecule has 0 aliphatic heterocycles. The highest BCUT2D eigenvalue weighted by molar-refractivity contribution is 8.05. The predicted molar refractivity (Wildman–Crippen MR) is 95.5 cm³/mol. The zero-order valence-electron chi connectivity index (χ0n) is 11.1. The van der Waals surface area contributed by atoms with Crippen molar-refractivity contribution in [3.63, 3.8) is 0 Å².